The Bertz CT molecular complexity index is 282. The summed E-state index contributed by atoms with van der Waals surface area (Å²) in [5, 5.41) is 3.38. The molecule has 1 aliphatic heterocycles. The van der Waals surface area contributed by atoms with Gasteiger partial charge in [-0.05, 0) is 37.8 Å². The summed E-state index contributed by atoms with van der Waals surface area (Å²) in [6, 6.07) is 0. The van der Waals surface area contributed by atoms with Crippen LogP contribution in [-0.4, -0.2) is 37.5 Å². The molecule has 2 rings (SSSR count). The lowest BCUT2D eigenvalue weighted by Gasteiger charge is -2.19. The molecule has 2 atom stereocenters. The summed E-state index contributed by atoms with van der Waals surface area (Å²) in [4.78, 5) is 13.7. The Morgan fingerprint density at radius 2 is 2.07 bits per heavy atom. The number of rotatable bonds is 2. The van der Waals surface area contributed by atoms with Crippen LogP contribution in [0.3, 0.4) is 0 Å². The van der Waals surface area contributed by atoms with Crippen molar-refractivity contribution in [2.75, 3.05) is 26.7 Å². The van der Waals surface area contributed by atoms with Gasteiger partial charge in [0.15, 0.2) is 0 Å². The van der Waals surface area contributed by atoms with Gasteiger partial charge in [0, 0.05) is 13.0 Å². The quantitative estimate of drug-likeness (QED) is 0.660. The molecule has 3 nitrogen and oxygen atoms in total. The Morgan fingerprint density at radius 3 is 2.60 bits per heavy atom. The summed E-state index contributed by atoms with van der Waals surface area (Å²) in [5.41, 5.74) is 0. The highest BCUT2D eigenvalue weighted by Gasteiger charge is 2.40. The summed E-state index contributed by atoms with van der Waals surface area (Å²) in [6.45, 7) is 2.61. The third-order valence-electron chi connectivity index (χ3n) is 3.71. The van der Waals surface area contributed by atoms with Gasteiger partial charge in [-0.15, -0.1) is 6.42 Å². The molecule has 2 unspecified atom stereocenters. The molecule has 0 radical (unpaired) electrons. The molecule has 2 fully saturated rings. The van der Waals surface area contributed by atoms with E-state index in [2.05, 4.69) is 11.2 Å². The van der Waals surface area contributed by atoms with Gasteiger partial charge in [-0.3, -0.25) is 4.79 Å². The van der Waals surface area contributed by atoms with E-state index in [1.165, 1.54) is 0 Å². The fourth-order valence-electron chi connectivity index (χ4n) is 2.89. The first-order chi connectivity index (χ1) is 7.22. The van der Waals surface area contributed by atoms with E-state index in [0.717, 1.165) is 37.8 Å². The molecule has 0 spiro atoms. The second-order valence-electron chi connectivity index (χ2n) is 4.75. The maximum Gasteiger partial charge on any atom is 0.226 e. The molecule has 1 aliphatic carbocycles. The Labute approximate surface area is 91.2 Å². The largest absolute Gasteiger partial charge is 0.334 e. The highest BCUT2D eigenvalue weighted by Crippen LogP contribution is 2.39. The zero-order valence-electron chi connectivity index (χ0n) is 9.20. The smallest absolute Gasteiger partial charge is 0.226 e. The lowest BCUT2D eigenvalue weighted by molar-refractivity contribution is -0.133. The number of carbonyl (C=O) groups is 1. The molecule has 1 N–H and O–H groups in total. The molecule has 0 aromatic carbocycles. The van der Waals surface area contributed by atoms with Crippen LogP contribution in [0, 0.1) is 30.1 Å². The number of nitrogens with one attached hydrogen (secondary N) is 1. The Hall–Kier alpha value is -1.01. The third-order valence-corrected chi connectivity index (χ3v) is 3.71. The minimum atomic E-state index is 0.223. The van der Waals surface area contributed by atoms with Crippen LogP contribution in [0.4, 0.5) is 0 Å². The summed E-state index contributed by atoms with van der Waals surface area (Å²) in [6.07, 6.45) is 7.30. The van der Waals surface area contributed by atoms with Crippen molar-refractivity contribution >= 4 is 5.91 Å². The van der Waals surface area contributed by atoms with E-state index in [-0.39, 0.29) is 11.8 Å². The van der Waals surface area contributed by atoms with Gasteiger partial charge in [0.25, 0.3) is 0 Å². The average molecular weight is 206 g/mol. The second kappa shape index (κ2) is 4.24. The van der Waals surface area contributed by atoms with Gasteiger partial charge in [0.2, 0.25) is 5.91 Å². The Morgan fingerprint density at radius 1 is 1.47 bits per heavy atom. The number of terminal acetylenes is 1. The zero-order chi connectivity index (χ0) is 10.8. The number of amides is 1. The van der Waals surface area contributed by atoms with E-state index in [0.29, 0.717) is 6.54 Å². The van der Waals surface area contributed by atoms with Gasteiger partial charge in [0.1, 0.15) is 0 Å². The van der Waals surface area contributed by atoms with Gasteiger partial charge in [-0.25, -0.2) is 0 Å². The third kappa shape index (κ3) is 2.00. The van der Waals surface area contributed by atoms with Crippen molar-refractivity contribution in [2.24, 2.45) is 17.8 Å². The molecule has 0 aromatic heterocycles. The van der Waals surface area contributed by atoms with Crippen molar-refractivity contribution in [3.05, 3.63) is 0 Å². The second-order valence-corrected chi connectivity index (χ2v) is 4.75. The summed E-state index contributed by atoms with van der Waals surface area (Å²) in [5.74, 6) is 4.42. The van der Waals surface area contributed by atoms with Crippen molar-refractivity contribution in [1.29, 1.82) is 0 Å². The van der Waals surface area contributed by atoms with Crippen molar-refractivity contribution in [1.82, 2.24) is 10.2 Å². The van der Waals surface area contributed by atoms with Crippen LogP contribution in [0.5, 0.6) is 0 Å². The minimum absolute atomic E-state index is 0.223. The van der Waals surface area contributed by atoms with E-state index in [9.17, 15) is 4.79 Å². The molecule has 3 heteroatoms. The standard InChI is InChI=1S/C12H18N2O/c1-3-4-14(2)12(15)9-5-10-7-13-8-11(10)6-9/h1,9-11,13H,4-8H2,2H3. The summed E-state index contributed by atoms with van der Waals surface area (Å²) < 4.78 is 0. The van der Waals surface area contributed by atoms with Gasteiger partial charge >= 0.3 is 0 Å². The van der Waals surface area contributed by atoms with Crippen LogP contribution in [0.2, 0.25) is 0 Å². The fourth-order valence-corrected chi connectivity index (χ4v) is 2.89. The first-order valence-electron chi connectivity index (χ1n) is 5.61. The van der Waals surface area contributed by atoms with Crippen LogP contribution in [0.25, 0.3) is 0 Å². The molecule has 1 amide bonds. The molecular formula is C12H18N2O. The predicted octanol–water partition coefficient (Wildman–Crippen LogP) is 0.324. The maximum absolute atomic E-state index is 12.0. The monoisotopic (exact) mass is 206 g/mol. The maximum atomic E-state index is 12.0. The molecule has 1 heterocycles. The van der Waals surface area contributed by atoms with E-state index in [1.807, 2.05) is 0 Å². The summed E-state index contributed by atoms with van der Waals surface area (Å²) in [7, 11) is 1.80. The van der Waals surface area contributed by atoms with E-state index < -0.39 is 0 Å². The zero-order valence-corrected chi connectivity index (χ0v) is 9.20. The number of carbonyl (C=O) groups excluding carboxylic acids is 1. The molecule has 82 valence electrons. The first kappa shape index (κ1) is 10.5. The van der Waals surface area contributed by atoms with Crippen LogP contribution >= 0.6 is 0 Å². The minimum Gasteiger partial charge on any atom is -0.334 e. The topological polar surface area (TPSA) is 32.3 Å². The lowest BCUT2D eigenvalue weighted by Crippen LogP contribution is -2.33. The number of hydrogen-bond donors (Lipinski definition) is 1. The van der Waals surface area contributed by atoms with Gasteiger partial charge in [-0.1, -0.05) is 5.92 Å². The molecule has 15 heavy (non-hydrogen) atoms. The van der Waals surface area contributed by atoms with Gasteiger partial charge in [0.05, 0.1) is 6.54 Å². The fraction of sp³-hybridized carbons (Fsp3) is 0.750. The molecule has 0 aromatic rings. The summed E-state index contributed by atoms with van der Waals surface area (Å²) >= 11 is 0. The number of fused-ring (bicyclic) bond motifs is 1. The van der Waals surface area contributed by atoms with E-state index >= 15 is 0 Å². The Kier molecular flexibility index (Phi) is 2.97. The van der Waals surface area contributed by atoms with Crippen molar-refractivity contribution in [2.45, 2.75) is 12.8 Å². The van der Waals surface area contributed by atoms with Crippen LogP contribution in [0.1, 0.15) is 12.8 Å². The Balaban J connectivity index is 1.91. The highest BCUT2D eigenvalue weighted by atomic mass is 16.2. The van der Waals surface area contributed by atoms with Gasteiger partial charge < -0.3 is 10.2 Å². The lowest BCUT2D eigenvalue weighted by atomic mass is 10.0. The molecule has 1 saturated heterocycles. The van der Waals surface area contributed by atoms with Crippen molar-refractivity contribution in [3.63, 3.8) is 0 Å². The van der Waals surface area contributed by atoms with E-state index in [4.69, 9.17) is 6.42 Å². The highest BCUT2D eigenvalue weighted by molar-refractivity contribution is 5.79. The van der Waals surface area contributed by atoms with E-state index in [1.54, 1.807) is 11.9 Å². The van der Waals surface area contributed by atoms with Gasteiger partial charge in [-0.2, -0.15) is 0 Å². The number of hydrogen-bond acceptors (Lipinski definition) is 2. The average Bonchev–Trinajstić information content (AvgIpc) is 2.75. The molecule has 2 aliphatic rings. The van der Waals surface area contributed by atoms with Crippen LogP contribution in [0.15, 0.2) is 0 Å². The normalized spacial score (nSPS) is 33.5. The van der Waals surface area contributed by atoms with Crippen molar-refractivity contribution in [3.8, 4) is 12.3 Å². The van der Waals surface area contributed by atoms with Crippen LogP contribution < -0.4 is 5.32 Å². The first-order valence-corrected chi connectivity index (χ1v) is 5.61. The predicted molar refractivity (Wildman–Crippen MR) is 59.0 cm³/mol. The van der Waals surface area contributed by atoms with Crippen molar-refractivity contribution < 1.29 is 4.79 Å². The SMILES string of the molecule is C#CCN(C)C(=O)C1CC2CNCC2C1. The van der Waals surface area contributed by atoms with Crippen LogP contribution in [-0.2, 0) is 4.79 Å². The molecular weight excluding hydrogens is 188 g/mol. The molecule has 0 bridgehead atoms. The number of nitrogens with zero attached hydrogens (tertiary/aromatic N) is 1. The molecule has 1 saturated carbocycles.